The minimum atomic E-state index is -2.79. The molecule has 0 aromatic heterocycles. The number of aliphatic hydroxyl groups excluding tert-OH is 8. The van der Waals surface area contributed by atoms with Gasteiger partial charge in [0.25, 0.3) is 0 Å². The number of benzene rings is 2. The van der Waals surface area contributed by atoms with Crippen molar-refractivity contribution < 1.29 is 93.9 Å². The molecule has 0 amide bonds. The van der Waals surface area contributed by atoms with Crippen LogP contribution in [0.25, 0.3) is 0 Å². The highest BCUT2D eigenvalue weighted by Crippen LogP contribution is 2.27. The van der Waals surface area contributed by atoms with Crippen LogP contribution in [-0.2, 0) is 46.5 Å². The number of hydrogen-bond donors (Lipinski definition) is 10. The highest BCUT2D eigenvalue weighted by atomic mass is 16.7. The average Bonchev–Trinajstić information content (AvgIpc) is 3.10. The molecule has 1 unspecified atom stereocenters. The lowest BCUT2D eigenvalue weighted by atomic mass is 9.95. The summed E-state index contributed by atoms with van der Waals surface area (Å²) in [5, 5.41) is 98.7. The highest BCUT2D eigenvalue weighted by molar-refractivity contribution is 5.89. The van der Waals surface area contributed by atoms with Gasteiger partial charge in [0.05, 0.1) is 26.1 Å². The van der Waals surface area contributed by atoms with Crippen molar-refractivity contribution >= 4 is 17.9 Å². The molecule has 10 N–H and O–H groups in total. The molecule has 0 spiro atoms. The Kier molecular flexibility index (Phi) is 13.6. The minimum absolute atomic E-state index is 0.121. The summed E-state index contributed by atoms with van der Waals surface area (Å²) in [7, 11) is 0. The summed E-state index contributed by atoms with van der Waals surface area (Å²) in [4.78, 5) is 36.8. The normalized spacial score (nSPS) is 30.5. The second-order valence-corrected chi connectivity index (χ2v) is 11.9. The number of ether oxygens (including phenoxy) is 6. The van der Waals surface area contributed by atoms with E-state index in [2.05, 4.69) is 0 Å². The van der Waals surface area contributed by atoms with Gasteiger partial charge < -0.3 is 79.5 Å². The number of carbonyl (C=O) groups excluding carboxylic acids is 2. The summed E-state index contributed by atoms with van der Waals surface area (Å²) in [6, 6.07) is 11.3. The van der Waals surface area contributed by atoms with Crippen molar-refractivity contribution in [3.05, 3.63) is 59.7 Å². The first kappa shape index (κ1) is 39.8. The van der Waals surface area contributed by atoms with E-state index in [1.165, 1.54) is 48.5 Å². The second-order valence-electron chi connectivity index (χ2n) is 11.9. The number of aliphatic carboxylic acids is 1. The number of carboxylic acids is 1. The summed E-state index contributed by atoms with van der Waals surface area (Å²) >= 11 is 0. The third-order valence-corrected chi connectivity index (χ3v) is 8.08. The summed E-state index contributed by atoms with van der Waals surface area (Å²) in [5.74, 6) is -3.89. The van der Waals surface area contributed by atoms with Crippen LogP contribution >= 0.6 is 0 Å². The maximum absolute atomic E-state index is 12.8. The maximum Gasteiger partial charge on any atom is 0.339 e. The molecule has 19 nitrogen and oxygen atoms in total. The molecule has 2 aliphatic heterocycles. The zero-order valence-electron chi connectivity index (χ0n) is 26.8. The Morgan fingerprint density at radius 2 is 1.02 bits per heavy atom. The van der Waals surface area contributed by atoms with Gasteiger partial charge in [0.15, 0.2) is 5.60 Å². The third kappa shape index (κ3) is 10.1. The van der Waals surface area contributed by atoms with Gasteiger partial charge in [-0.05, 0) is 35.4 Å². The molecule has 2 heterocycles. The first-order valence-corrected chi connectivity index (χ1v) is 15.5. The SMILES string of the molecule is O=C(O)CC(O)(CC(=O)OCc1ccc(O[C@H]2O[C@@H](CO)[C@H](O)[C@@H](O)[C@@H]2O)cc1)C(=O)OCc1ccc(O[C@H]2O[C@@H](CO)[C@H](O)[C@@H](O)[C@@H]2O)cc1. The molecule has 2 fully saturated rings. The predicted octanol–water partition coefficient (Wildman–Crippen LogP) is -3.57. The molecule has 19 heteroatoms. The van der Waals surface area contributed by atoms with Crippen LogP contribution in [0.15, 0.2) is 48.5 Å². The standard InChI is InChI=1S/C32H40O19/c33-11-19-23(38)25(40)27(42)29(50-19)48-17-5-1-15(2-6-17)13-46-22(37)10-32(45,9-21(35)36)31(44)47-14-16-3-7-18(8-4-16)49-30-28(43)26(41)24(39)20(12-34)51-30/h1-8,19-20,23-30,33-34,38-43,45H,9-14H2,(H,35,36)/t19-,20-,23-,24-,25+,26+,27-,28-,29-,30-,32?/m0/s1. The van der Waals surface area contributed by atoms with Gasteiger partial charge in [0.1, 0.15) is 73.5 Å². The van der Waals surface area contributed by atoms with Gasteiger partial charge >= 0.3 is 17.9 Å². The summed E-state index contributed by atoms with van der Waals surface area (Å²) in [6.07, 6.45) is -17.2. The van der Waals surface area contributed by atoms with E-state index in [-0.39, 0.29) is 18.1 Å². The van der Waals surface area contributed by atoms with E-state index >= 15 is 0 Å². The van der Waals surface area contributed by atoms with Gasteiger partial charge in [-0.1, -0.05) is 24.3 Å². The quantitative estimate of drug-likeness (QED) is 0.0793. The minimum Gasteiger partial charge on any atom is -0.481 e. The fraction of sp³-hybridized carbons (Fsp3) is 0.531. The molecule has 0 aliphatic carbocycles. The van der Waals surface area contributed by atoms with Crippen molar-refractivity contribution in [1.82, 2.24) is 0 Å². The molecule has 0 bridgehead atoms. The molecule has 2 saturated heterocycles. The Bertz CT molecular complexity index is 1450. The van der Waals surface area contributed by atoms with Gasteiger partial charge in [-0.2, -0.15) is 0 Å². The molecule has 2 aromatic rings. The lowest BCUT2D eigenvalue weighted by Crippen LogP contribution is -2.60. The van der Waals surface area contributed by atoms with Gasteiger partial charge in [0, 0.05) is 0 Å². The molecular weight excluding hydrogens is 688 g/mol. The number of carboxylic acid groups (broad SMARTS) is 1. The lowest BCUT2D eigenvalue weighted by molar-refractivity contribution is -0.277. The Morgan fingerprint density at radius 1 is 0.608 bits per heavy atom. The van der Waals surface area contributed by atoms with Crippen LogP contribution in [-0.4, -0.2) is 149 Å². The lowest BCUT2D eigenvalue weighted by Gasteiger charge is -2.39. The number of carbonyl (C=O) groups is 3. The first-order chi connectivity index (χ1) is 24.1. The van der Waals surface area contributed by atoms with Gasteiger partial charge in [-0.3, -0.25) is 9.59 Å². The number of hydrogen-bond acceptors (Lipinski definition) is 18. The molecular formula is C32H40O19. The van der Waals surface area contributed by atoms with Crippen molar-refractivity contribution in [2.75, 3.05) is 13.2 Å². The second kappa shape index (κ2) is 17.5. The van der Waals surface area contributed by atoms with Crippen molar-refractivity contribution in [2.24, 2.45) is 0 Å². The first-order valence-electron chi connectivity index (χ1n) is 15.5. The van der Waals surface area contributed by atoms with Crippen LogP contribution in [0.4, 0.5) is 0 Å². The topological polar surface area (TPSA) is 309 Å². The van der Waals surface area contributed by atoms with Crippen molar-refractivity contribution in [3.8, 4) is 11.5 Å². The fourth-order valence-corrected chi connectivity index (χ4v) is 5.12. The molecule has 51 heavy (non-hydrogen) atoms. The van der Waals surface area contributed by atoms with Crippen LogP contribution in [0, 0.1) is 0 Å². The molecule has 282 valence electrons. The molecule has 0 saturated carbocycles. The van der Waals surface area contributed by atoms with Crippen LogP contribution in [0.5, 0.6) is 11.5 Å². The fourth-order valence-electron chi connectivity index (χ4n) is 5.12. The van der Waals surface area contributed by atoms with Crippen LogP contribution in [0.3, 0.4) is 0 Å². The Morgan fingerprint density at radius 3 is 1.41 bits per heavy atom. The van der Waals surface area contributed by atoms with Gasteiger partial charge in [-0.25, -0.2) is 4.79 Å². The van der Waals surface area contributed by atoms with E-state index in [1.807, 2.05) is 0 Å². The van der Waals surface area contributed by atoms with Crippen LogP contribution in [0.2, 0.25) is 0 Å². The van der Waals surface area contributed by atoms with Crippen molar-refractivity contribution in [3.63, 3.8) is 0 Å². The molecule has 2 aliphatic rings. The van der Waals surface area contributed by atoms with E-state index in [1.54, 1.807) is 0 Å². The van der Waals surface area contributed by atoms with Crippen molar-refractivity contribution in [2.45, 2.75) is 93.1 Å². The number of esters is 2. The van der Waals surface area contributed by atoms with Crippen LogP contribution in [0.1, 0.15) is 24.0 Å². The number of aliphatic hydroxyl groups is 9. The Hall–Kier alpha value is -3.99. The molecule has 0 radical (unpaired) electrons. The average molecular weight is 729 g/mol. The largest absolute Gasteiger partial charge is 0.481 e. The molecule has 11 atom stereocenters. The summed E-state index contributed by atoms with van der Waals surface area (Å²) in [5.41, 5.74) is -2.06. The predicted molar refractivity (Wildman–Crippen MR) is 163 cm³/mol. The van der Waals surface area contributed by atoms with Gasteiger partial charge in [0.2, 0.25) is 12.6 Å². The third-order valence-electron chi connectivity index (χ3n) is 8.08. The van der Waals surface area contributed by atoms with Crippen LogP contribution < -0.4 is 9.47 Å². The summed E-state index contributed by atoms with van der Waals surface area (Å²) < 4.78 is 31.7. The highest BCUT2D eigenvalue weighted by Gasteiger charge is 2.46. The van der Waals surface area contributed by atoms with Gasteiger partial charge in [-0.15, -0.1) is 0 Å². The summed E-state index contributed by atoms with van der Waals surface area (Å²) in [6.45, 7) is -2.12. The zero-order chi connectivity index (χ0) is 37.5. The Labute approximate surface area is 289 Å². The Balaban J connectivity index is 1.27. The smallest absolute Gasteiger partial charge is 0.339 e. The van der Waals surface area contributed by atoms with E-state index < -0.39 is 118 Å². The molecule has 2 aromatic carbocycles. The number of rotatable bonds is 15. The van der Waals surface area contributed by atoms with Crippen molar-refractivity contribution in [1.29, 1.82) is 0 Å². The van der Waals surface area contributed by atoms with E-state index in [9.17, 15) is 65.4 Å². The van der Waals surface area contributed by atoms with E-state index in [4.69, 9.17) is 28.4 Å². The zero-order valence-corrected chi connectivity index (χ0v) is 26.8. The van der Waals surface area contributed by atoms with E-state index in [0.29, 0.717) is 11.1 Å². The monoisotopic (exact) mass is 728 g/mol. The molecule has 4 rings (SSSR count). The maximum atomic E-state index is 12.8. The van der Waals surface area contributed by atoms with E-state index in [0.717, 1.165) is 0 Å².